The number of amides is 1. The number of hydrogen-bond acceptors (Lipinski definition) is 5. The highest BCUT2D eigenvalue weighted by atomic mass is 32.2. The molecule has 5 nitrogen and oxygen atoms in total. The van der Waals surface area contributed by atoms with E-state index in [1.807, 2.05) is 20.8 Å². The molecule has 0 unspecified atom stereocenters. The maximum absolute atomic E-state index is 12.1. The van der Waals surface area contributed by atoms with E-state index in [1.54, 1.807) is 24.3 Å². The lowest BCUT2D eigenvalue weighted by molar-refractivity contribution is -0.125. The molecule has 0 radical (unpaired) electrons. The van der Waals surface area contributed by atoms with E-state index >= 15 is 0 Å². The van der Waals surface area contributed by atoms with Gasteiger partial charge in [-0.1, -0.05) is 19.1 Å². The van der Waals surface area contributed by atoms with Crippen molar-refractivity contribution in [3.63, 3.8) is 0 Å². The standard InChI is InChI=1S/C17H23NO4S/c1-5-17(3,4)18-15(20)10-22-16(21)13-8-6-7-9-14(13)23-11-12(2)19/h6-9H,5,10-11H2,1-4H3,(H,18,20). The zero-order chi connectivity index (χ0) is 17.5. The molecule has 1 rings (SSSR count). The minimum absolute atomic E-state index is 0.0272. The second kappa shape index (κ2) is 8.72. The van der Waals surface area contributed by atoms with Crippen LogP contribution in [0, 0.1) is 0 Å². The molecule has 126 valence electrons. The lowest BCUT2D eigenvalue weighted by Gasteiger charge is -2.24. The van der Waals surface area contributed by atoms with Gasteiger partial charge >= 0.3 is 5.97 Å². The highest BCUT2D eigenvalue weighted by Crippen LogP contribution is 2.23. The zero-order valence-electron chi connectivity index (χ0n) is 14.0. The molecule has 0 heterocycles. The molecule has 1 aromatic carbocycles. The number of ketones is 1. The summed E-state index contributed by atoms with van der Waals surface area (Å²) in [5.74, 6) is -0.588. The van der Waals surface area contributed by atoms with Crippen LogP contribution in [-0.4, -0.2) is 35.6 Å². The molecular weight excluding hydrogens is 314 g/mol. The van der Waals surface area contributed by atoms with Gasteiger partial charge in [0.25, 0.3) is 5.91 Å². The van der Waals surface area contributed by atoms with Crippen LogP contribution < -0.4 is 5.32 Å². The fourth-order valence-corrected chi connectivity index (χ4v) is 2.49. The largest absolute Gasteiger partial charge is 0.452 e. The van der Waals surface area contributed by atoms with Crippen LogP contribution in [0.5, 0.6) is 0 Å². The normalized spacial score (nSPS) is 11.0. The molecule has 0 saturated carbocycles. The lowest BCUT2D eigenvalue weighted by Crippen LogP contribution is -2.44. The summed E-state index contributed by atoms with van der Waals surface area (Å²) in [5.41, 5.74) is 0.0277. The molecule has 1 aromatic rings. The van der Waals surface area contributed by atoms with Crippen molar-refractivity contribution in [2.45, 2.75) is 44.6 Å². The van der Waals surface area contributed by atoms with E-state index in [9.17, 15) is 14.4 Å². The van der Waals surface area contributed by atoms with E-state index in [0.717, 1.165) is 6.42 Å². The summed E-state index contributed by atoms with van der Waals surface area (Å²) >= 11 is 1.28. The van der Waals surface area contributed by atoms with Gasteiger partial charge in [-0.05, 0) is 39.3 Å². The Labute approximate surface area is 141 Å². The van der Waals surface area contributed by atoms with E-state index in [2.05, 4.69) is 5.32 Å². The smallest absolute Gasteiger partial charge is 0.339 e. The summed E-state index contributed by atoms with van der Waals surface area (Å²) in [5, 5.41) is 2.80. The first-order valence-electron chi connectivity index (χ1n) is 7.44. The average Bonchev–Trinajstić information content (AvgIpc) is 2.50. The first kappa shape index (κ1) is 19.2. The minimum Gasteiger partial charge on any atom is -0.452 e. The van der Waals surface area contributed by atoms with E-state index < -0.39 is 5.97 Å². The van der Waals surface area contributed by atoms with Gasteiger partial charge in [-0.15, -0.1) is 11.8 Å². The molecule has 0 aliphatic rings. The summed E-state index contributed by atoms with van der Waals surface area (Å²) in [6.07, 6.45) is 0.775. The van der Waals surface area contributed by atoms with Gasteiger partial charge < -0.3 is 10.1 Å². The summed E-state index contributed by atoms with van der Waals surface area (Å²) in [7, 11) is 0. The Kier molecular flexibility index (Phi) is 7.29. The van der Waals surface area contributed by atoms with Gasteiger partial charge in [0.15, 0.2) is 6.61 Å². The van der Waals surface area contributed by atoms with Crippen LogP contribution in [0.4, 0.5) is 0 Å². The van der Waals surface area contributed by atoms with E-state index in [0.29, 0.717) is 10.5 Å². The monoisotopic (exact) mass is 337 g/mol. The van der Waals surface area contributed by atoms with Gasteiger partial charge in [-0.3, -0.25) is 9.59 Å². The summed E-state index contributed by atoms with van der Waals surface area (Å²) in [4.78, 5) is 35.7. The van der Waals surface area contributed by atoms with Gasteiger partial charge in [0, 0.05) is 10.4 Å². The number of hydrogen-bond donors (Lipinski definition) is 1. The Morgan fingerprint density at radius 3 is 2.48 bits per heavy atom. The SMILES string of the molecule is CCC(C)(C)NC(=O)COC(=O)c1ccccc1SCC(C)=O. The first-order valence-corrected chi connectivity index (χ1v) is 8.43. The predicted octanol–water partition coefficient (Wildman–Crippen LogP) is 2.83. The molecule has 1 N–H and O–H groups in total. The van der Waals surface area contributed by atoms with Crippen molar-refractivity contribution in [3.05, 3.63) is 29.8 Å². The molecule has 0 bridgehead atoms. The van der Waals surface area contributed by atoms with Crippen molar-refractivity contribution in [2.24, 2.45) is 0 Å². The third kappa shape index (κ3) is 6.86. The van der Waals surface area contributed by atoms with Crippen LogP contribution in [0.1, 0.15) is 44.5 Å². The lowest BCUT2D eigenvalue weighted by atomic mass is 10.0. The molecule has 0 aromatic heterocycles. The van der Waals surface area contributed by atoms with Crippen LogP contribution in [0.25, 0.3) is 0 Å². The number of ether oxygens (including phenoxy) is 1. The number of carbonyl (C=O) groups excluding carboxylic acids is 3. The van der Waals surface area contributed by atoms with Gasteiger partial charge in [0.2, 0.25) is 0 Å². The fourth-order valence-electron chi connectivity index (χ4n) is 1.65. The fraction of sp³-hybridized carbons (Fsp3) is 0.471. The maximum atomic E-state index is 12.1. The number of thioether (sulfide) groups is 1. The van der Waals surface area contributed by atoms with Gasteiger partial charge in [-0.2, -0.15) is 0 Å². The Morgan fingerprint density at radius 2 is 1.87 bits per heavy atom. The molecule has 0 atom stereocenters. The molecule has 0 aliphatic carbocycles. The summed E-state index contributed by atoms with van der Waals surface area (Å²) in [6, 6.07) is 6.88. The summed E-state index contributed by atoms with van der Waals surface area (Å²) in [6.45, 7) is 6.94. The molecule has 6 heteroatoms. The summed E-state index contributed by atoms with van der Waals surface area (Å²) < 4.78 is 5.08. The number of benzene rings is 1. The highest BCUT2D eigenvalue weighted by molar-refractivity contribution is 8.00. The van der Waals surface area contributed by atoms with Gasteiger partial charge in [-0.25, -0.2) is 4.79 Å². The van der Waals surface area contributed by atoms with Crippen LogP contribution in [0.2, 0.25) is 0 Å². The molecule has 1 amide bonds. The Bertz CT molecular complexity index is 584. The van der Waals surface area contributed by atoms with Crippen molar-refractivity contribution >= 4 is 29.4 Å². The number of rotatable bonds is 8. The van der Waals surface area contributed by atoms with Crippen LogP contribution >= 0.6 is 11.8 Å². The molecule has 23 heavy (non-hydrogen) atoms. The molecule has 0 fully saturated rings. The highest BCUT2D eigenvalue weighted by Gasteiger charge is 2.20. The van der Waals surface area contributed by atoms with Crippen molar-refractivity contribution in [2.75, 3.05) is 12.4 Å². The second-order valence-corrected chi connectivity index (χ2v) is 6.87. The number of Topliss-reactive ketones (excluding diaryl/α,β-unsaturated/α-hetero) is 1. The number of nitrogens with one attached hydrogen (secondary N) is 1. The van der Waals surface area contributed by atoms with Crippen molar-refractivity contribution in [1.82, 2.24) is 5.32 Å². The van der Waals surface area contributed by atoms with Crippen LogP contribution in [0.15, 0.2) is 29.2 Å². The minimum atomic E-state index is -0.568. The number of esters is 1. The van der Waals surface area contributed by atoms with E-state index in [1.165, 1.54) is 18.7 Å². The van der Waals surface area contributed by atoms with E-state index in [-0.39, 0.29) is 29.6 Å². The topological polar surface area (TPSA) is 72.5 Å². The molecule has 0 spiro atoms. The third-order valence-corrected chi connectivity index (χ3v) is 4.45. The Hall–Kier alpha value is -1.82. The van der Waals surface area contributed by atoms with Crippen LogP contribution in [-0.2, 0) is 14.3 Å². The molecule has 0 saturated heterocycles. The van der Waals surface area contributed by atoms with Crippen molar-refractivity contribution < 1.29 is 19.1 Å². The quantitative estimate of drug-likeness (QED) is 0.583. The zero-order valence-corrected chi connectivity index (χ0v) is 14.8. The second-order valence-electron chi connectivity index (χ2n) is 5.85. The van der Waals surface area contributed by atoms with Gasteiger partial charge in [0.05, 0.1) is 11.3 Å². The Morgan fingerprint density at radius 1 is 1.22 bits per heavy atom. The van der Waals surface area contributed by atoms with Crippen LogP contribution in [0.3, 0.4) is 0 Å². The average molecular weight is 337 g/mol. The third-order valence-electron chi connectivity index (χ3n) is 3.23. The number of carbonyl (C=O) groups is 3. The van der Waals surface area contributed by atoms with Crippen molar-refractivity contribution in [3.8, 4) is 0 Å². The molecule has 0 aliphatic heterocycles. The van der Waals surface area contributed by atoms with E-state index in [4.69, 9.17) is 4.74 Å². The Balaban J connectivity index is 2.64. The predicted molar refractivity (Wildman–Crippen MR) is 90.6 cm³/mol. The first-order chi connectivity index (χ1) is 10.7. The maximum Gasteiger partial charge on any atom is 0.339 e. The molecular formula is C17H23NO4S. The van der Waals surface area contributed by atoms with Gasteiger partial charge in [0.1, 0.15) is 5.78 Å². The van der Waals surface area contributed by atoms with Crippen molar-refractivity contribution in [1.29, 1.82) is 0 Å².